The van der Waals surface area contributed by atoms with Crippen molar-refractivity contribution in [2.75, 3.05) is 0 Å². The van der Waals surface area contributed by atoms with Gasteiger partial charge in [-0.2, -0.15) is 0 Å². The Kier molecular flexibility index (Phi) is 4.04. The van der Waals surface area contributed by atoms with Crippen molar-refractivity contribution in [3.63, 3.8) is 0 Å². The fraction of sp³-hybridized carbons (Fsp3) is 0.286. The van der Waals surface area contributed by atoms with E-state index in [9.17, 15) is 4.79 Å². The number of amides is 1. The smallest absolute Gasteiger partial charge is 0.254 e. The molecule has 0 aliphatic rings. The van der Waals surface area contributed by atoms with Crippen LogP contribution in [0.15, 0.2) is 33.4 Å². The number of hydrogen-bond donors (Lipinski definition) is 1. The molecular weight excluding hydrogens is 308 g/mol. The number of aromatic nitrogens is 1. The molecule has 1 unspecified atom stereocenters. The predicted molar refractivity (Wildman–Crippen MR) is 76.0 cm³/mol. The lowest BCUT2D eigenvalue weighted by atomic mass is 10.1. The van der Waals surface area contributed by atoms with Crippen molar-refractivity contribution in [2.45, 2.75) is 26.8 Å². The molecule has 2 heterocycles. The van der Waals surface area contributed by atoms with E-state index in [4.69, 9.17) is 4.42 Å². The molecule has 0 spiro atoms. The quantitative estimate of drug-likeness (QED) is 0.879. The number of carbonyl (C=O) groups excluding carboxylic acids is 1. The molecule has 0 fully saturated rings. The highest BCUT2D eigenvalue weighted by Crippen LogP contribution is 2.22. The van der Waals surface area contributed by atoms with E-state index < -0.39 is 0 Å². The van der Waals surface area contributed by atoms with Crippen LogP contribution in [0.5, 0.6) is 0 Å². The minimum atomic E-state index is -0.161. The van der Waals surface area contributed by atoms with Crippen LogP contribution < -0.4 is 5.32 Å². The van der Waals surface area contributed by atoms with E-state index in [1.165, 1.54) is 0 Å². The van der Waals surface area contributed by atoms with Gasteiger partial charge in [0.2, 0.25) is 0 Å². The first-order valence-electron chi connectivity index (χ1n) is 5.97. The zero-order valence-corrected chi connectivity index (χ0v) is 12.6. The first kappa shape index (κ1) is 13.8. The van der Waals surface area contributed by atoms with E-state index in [0.717, 1.165) is 17.1 Å². The molecule has 0 aliphatic heterocycles. The Balaban J connectivity index is 2.15. The fourth-order valence-electron chi connectivity index (χ4n) is 1.99. The summed E-state index contributed by atoms with van der Waals surface area (Å²) >= 11 is 3.27. The van der Waals surface area contributed by atoms with Crippen LogP contribution in [-0.4, -0.2) is 10.9 Å². The van der Waals surface area contributed by atoms with Crippen LogP contribution in [0.1, 0.15) is 40.4 Å². The van der Waals surface area contributed by atoms with Gasteiger partial charge in [0.25, 0.3) is 5.91 Å². The van der Waals surface area contributed by atoms with Crippen LogP contribution in [0.2, 0.25) is 0 Å². The van der Waals surface area contributed by atoms with Gasteiger partial charge in [0.1, 0.15) is 16.1 Å². The lowest BCUT2D eigenvalue weighted by Crippen LogP contribution is -2.27. The van der Waals surface area contributed by atoms with E-state index in [0.29, 0.717) is 10.2 Å². The lowest BCUT2D eigenvalue weighted by molar-refractivity contribution is 0.0938. The van der Waals surface area contributed by atoms with Crippen LogP contribution in [0, 0.1) is 13.8 Å². The third-order valence-corrected chi connectivity index (χ3v) is 3.53. The first-order chi connectivity index (χ1) is 8.99. The third-order valence-electron chi connectivity index (χ3n) is 2.90. The molecule has 4 nitrogen and oxygen atoms in total. The van der Waals surface area contributed by atoms with Gasteiger partial charge < -0.3 is 9.73 Å². The summed E-state index contributed by atoms with van der Waals surface area (Å²) in [4.78, 5) is 16.2. The Morgan fingerprint density at radius 1 is 1.47 bits per heavy atom. The average molecular weight is 323 g/mol. The fourth-order valence-corrected chi connectivity index (χ4v) is 2.42. The van der Waals surface area contributed by atoms with Gasteiger partial charge in [-0.25, -0.2) is 4.98 Å². The molecule has 0 saturated carbocycles. The number of nitrogens with zero attached hydrogens (tertiary/aromatic N) is 1. The summed E-state index contributed by atoms with van der Waals surface area (Å²) in [5.74, 6) is 1.51. The number of carbonyl (C=O) groups is 1. The van der Waals surface area contributed by atoms with E-state index in [-0.39, 0.29) is 11.9 Å². The Morgan fingerprint density at radius 2 is 2.21 bits per heavy atom. The minimum absolute atomic E-state index is 0.114. The molecule has 0 radical (unpaired) electrons. The molecule has 2 rings (SSSR count). The highest BCUT2D eigenvalue weighted by Gasteiger charge is 2.17. The molecule has 1 amide bonds. The number of hydrogen-bond acceptors (Lipinski definition) is 3. The van der Waals surface area contributed by atoms with Crippen LogP contribution >= 0.6 is 15.9 Å². The number of rotatable bonds is 3. The van der Waals surface area contributed by atoms with Crippen molar-refractivity contribution >= 4 is 21.8 Å². The van der Waals surface area contributed by atoms with Crippen molar-refractivity contribution in [1.82, 2.24) is 10.3 Å². The van der Waals surface area contributed by atoms with E-state index in [1.54, 1.807) is 18.3 Å². The summed E-state index contributed by atoms with van der Waals surface area (Å²) in [6.45, 7) is 5.72. The van der Waals surface area contributed by atoms with Gasteiger partial charge in [-0.05, 0) is 54.9 Å². The molecule has 19 heavy (non-hydrogen) atoms. The van der Waals surface area contributed by atoms with Crippen LogP contribution in [0.3, 0.4) is 0 Å². The van der Waals surface area contributed by atoms with Gasteiger partial charge in [0.05, 0.1) is 11.6 Å². The molecule has 0 aromatic carbocycles. The topological polar surface area (TPSA) is 55.1 Å². The third kappa shape index (κ3) is 3.04. The van der Waals surface area contributed by atoms with Crippen molar-refractivity contribution in [3.05, 3.63) is 51.6 Å². The van der Waals surface area contributed by atoms with Crippen molar-refractivity contribution in [2.24, 2.45) is 0 Å². The minimum Gasteiger partial charge on any atom is -0.466 e. The Hall–Kier alpha value is -1.62. The number of aryl methyl sites for hydroxylation is 2. The van der Waals surface area contributed by atoms with E-state index in [2.05, 4.69) is 26.2 Å². The zero-order valence-electron chi connectivity index (χ0n) is 11.0. The normalized spacial score (nSPS) is 12.2. The summed E-state index contributed by atoms with van der Waals surface area (Å²) < 4.78 is 6.02. The number of nitrogens with one attached hydrogen (secondary N) is 1. The average Bonchev–Trinajstić information content (AvgIpc) is 2.69. The maximum absolute atomic E-state index is 12.2. The standard InChI is InChI=1S/C14H15BrN2O2/c1-8-7-12(10(3)19-8)9(2)17-14(18)11-5-4-6-16-13(11)15/h4-7,9H,1-3H3,(H,17,18). The molecule has 0 aliphatic carbocycles. The SMILES string of the molecule is Cc1cc(C(C)NC(=O)c2cccnc2Br)c(C)o1. The monoisotopic (exact) mass is 322 g/mol. The molecule has 1 N–H and O–H groups in total. The highest BCUT2D eigenvalue weighted by molar-refractivity contribution is 9.10. The Morgan fingerprint density at radius 3 is 2.79 bits per heavy atom. The van der Waals surface area contributed by atoms with Gasteiger partial charge in [-0.3, -0.25) is 4.79 Å². The van der Waals surface area contributed by atoms with Gasteiger partial charge in [-0.15, -0.1) is 0 Å². The van der Waals surface area contributed by atoms with Gasteiger partial charge >= 0.3 is 0 Å². The summed E-state index contributed by atoms with van der Waals surface area (Å²) in [6.07, 6.45) is 1.63. The molecule has 2 aromatic heterocycles. The molecule has 0 saturated heterocycles. The maximum atomic E-state index is 12.2. The van der Waals surface area contributed by atoms with E-state index >= 15 is 0 Å². The second-order valence-corrected chi connectivity index (χ2v) is 5.16. The molecule has 0 bridgehead atoms. The second-order valence-electron chi connectivity index (χ2n) is 4.41. The van der Waals surface area contributed by atoms with Crippen molar-refractivity contribution < 1.29 is 9.21 Å². The van der Waals surface area contributed by atoms with Crippen molar-refractivity contribution in [3.8, 4) is 0 Å². The molecular formula is C14H15BrN2O2. The molecule has 1 atom stereocenters. The van der Waals surface area contributed by atoms with Crippen LogP contribution in [0.4, 0.5) is 0 Å². The van der Waals surface area contributed by atoms with Gasteiger partial charge in [0.15, 0.2) is 0 Å². The largest absolute Gasteiger partial charge is 0.466 e. The van der Waals surface area contributed by atoms with E-state index in [1.807, 2.05) is 26.8 Å². The summed E-state index contributed by atoms with van der Waals surface area (Å²) in [5.41, 5.74) is 1.51. The van der Waals surface area contributed by atoms with Crippen LogP contribution in [0.25, 0.3) is 0 Å². The summed E-state index contributed by atoms with van der Waals surface area (Å²) in [5, 5.41) is 2.94. The second kappa shape index (κ2) is 5.57. The number of halogens is 1. The van der Waals surface area contributed by atoms with Gasteiger partial charge in [0, 0.05) is 11.8 Å². The Labute approximate surface area is 120 Å². The van der Waals surface area contributed by atoms with Gasteiger partial charge in [-0.1, -0.05) is 0 Å². The first-order valence-corrected chi connectivity index (χ1v) is 6.76. The maximum Gasteiger partial charge on any atom is 0.254 e. The lowest BCUT2D eigenvalue weighted by Gasteiger charge is -2.13. The van der Waals surface area contributed by atoms with Crippen LogP contribution in [-0.2, 0) is 0 Å². The molecule has 100 valence electrons. The van der Waals surface area contributed by atoms with Crippen molar-refractivity contribution in [1.29, 1.82) is 0 Å². The molecule has 5 heteroatoms. The predicted octanol–water partition coefficient (Wildman–Crippen LogP) is 3.54. The number of pyridine rings is 1. The Bertz CT molecular complexity index is 607. The molecule has 2 aromatic rings. The highest BCUT2D eigenvalue weighted by atomic mass is 79.9. The zero-order chi connectivity index (χ0) is 14.0. The summed E-state index contributed by atoms with van der Waals surface area (Å²) in [6, 6.07) is 5.29. The number of furan rings is 1. The summed E-state index contributed by atoms with van der Waals surface area (Å²) in [7, 11) is 0.